The molecule has 0 aliphatic carbocycles. The van der Waals surface area contributed by atoms with Crippen molar-refractivity contribution in [1.82, 2.24) is 4.57 Å². The van der Waals surface area contributed by atoms with Gasteiger partial charge >= 0.3 is 11.9 Å². The van der Waals surface area contributed by atoms with E-state index in [2.05, 4.69) is 9.47 Å². The molecule has 0 saturated heterocycles. The van der Waals surface area contributed by atoms with Gasteiger partial charge in [-0.3, -0.25) is 9.36 Å². The predicted octanol–water partition coefficient (Wildman–Crippen LogP) is 0.882. The van der Waals surface area contributed by atoms with Crippen LogP contribution in [0.5, 0.6) is 5.75 Å². The molecule has 0 saturated carbocycles. The van der Waals surface area contributed by atoms with Crippen molar-refractivity contribution in [1.29, 1.82) is 0 Å². The maximum absolute atomic E-state index is 12.0. The highest BCUT2D eigenvalue weighted by atomic mass is 16.5. The van der Waals surface area contributed by atoms with Gasteiger partial charge in [-0.15, -0.1) is 0 Å². The van der Waals surface area contributed by atoms with Crippen molar-refractivity contribution in [3.8, 4) is 5.75 Å². The predicted molar refractivity (Wildman–Crippen MR) is 70.0 cm³/mol. The molecule has 1 N–H and O–H groups in total. The number of methoxy groups -OCH3 is 2. The van der Waals surface area contributed by atoms with Crippen molar-refractivity contribution < 1.29 is 24.2 Å². The Balaban J connectivity index is 3.91. The Morgan fingerprint density at radius 2 is 1.65 bits per heavy atom. The molecule has 1 rings (SSSR count). The normalized spacial score (nSPS) is 11.1. The Hall–Kier alpha value is -2.31. The molecule has 7 heteroatoms. The van der Waals surface area contributed by atoms with Gasteiger partial charge in [-0.25, -0.2) is 9.59 Å². The van der Waals surface area contributed by atoms with E-state index >= 15 is 0 Å². The fourth-order valence-corrected chi connectivity index (χ4v) is 1.86. The van der Waals surface area contributed by atoms with E-state index in [0.29, 0.717) is 0 Å². The number of esters is 2. The highest BCUT2D eigenvalue weighted by Gasteiger charge is 2.31. The zero-order valence-corrected chi connectivity index (χ0v) is 12.0. The van der Waals surface area contributed by atoms with Gasteiger partial charge in [0.05, 0.1) is 14.2 Å². The summed E-state index contributed by atoms with van der Waals surface area (Å²) in [6.45, 7) is 5.04. The van der Waals surface area contributed by atoms with Crippen LogP contribution < -0.4 is 5.56 Å². The van der Waals surface area contributed by atoms with E-state index in [9.17, 15) is 19.5 Å². The lowest BCUT2D eigenvalue weighted by Gasteiger charge is -2.26. The highest BCUT2D eigenvalue weighted by Crippen LogP contribution is 2.25. The summed E-state index contributed by atoms with van der Waals surface area (Å²) in [6.07, 6.45) is 0. The van der Waals surface area contributed by atoms with Crippen molar-refractivity contribution in [2.24, 2.45) is 0 Å². The van der Waals surface area contributed by atoms with Crippen molar-refractivity contribution >= 4 is 11.9 Å². The maximum Gasteiger partial charge on any atom is 0.355 e. The topological polar surface area (TPSA) is 94.8 Å². The number of ether oxygens (including phenoxy) is 2. The van der Waals surface area contributed by atoms with Gasteiger partial charge in [-0.05, 0) is 20.8 Å². The summed E-state index contributed by atoms with van der Waals surface area (Å²) in [7, 11) is 2.22. The summed E-state index contributed by atoms with van der Waals surface area (Å²) >= 11 is 0. The van der Waals surface area contributed by atoms with E-state index in [1.165, 1.54) is 0 Å². The zero-order chi connectivity index (χ0) is 15.7. The van der Waals surface area contributed by atoms with E-state index in [0.717, 1.165) is 24.9 Å². The van der Waals surface area contributed by atoms with E-state index in [1.54, 1.807) is 20.8 Å². The molecule has 0 spiro atoms. The largest absolute Gasteiger partial charge is 0.507 e. The van der Waals surface area contributed by atoms with Crippen LogP contribution in [0.4, 0.5) is 0 Å². The highest BCUT2D eigenvalue weighted by molar-refractivity contribution is 6.03. The maximum atomic E-state index is 12.0. The molecule has 1 heterocycles. The van der Waals surface area contributed by atoms with Crippen molar-refractivity contribution in [2.45, 2.75) is 26.3 Å². The lowest BCUT2D eigenvalue weighted by molar-refractivity contribution is 0.0533. The molecule has 1 aromatic heterocycles. The summed E-state index contributed by atoms with van der Waals surface area (Å²) in [6, 6.07) is 0.865. The fourth-order valence-electron chi connectivity index (χ4n) is 1.86. The van der Waals surface area contributed by atoms with Crippen molar-refractivity contribution in [3.63, 3.8) is 0 Å². The van der Waals surface area contributed by atoms with Gasteiger partial charge in [0.2, 0.25) is 0 Å². The van der Waals surface area contributed by atoms with E-state index in [1.807, 2.05) is 0 Å². The van der Waals surface area contributed by atoms with Crippen LogP contribution in [0, 0.1) is 0 Å². The quantitative estimate of drug-likeness (QED) is 0.810. The third-order valence-corrected chi connectivity index (χ3v) is 2.64. The summed E-state index contributed by atoms with van der Waals surface area (Å²) in [5.74, 6) is -2.46. The van der Waals surface area contributed by atoms with Crippen LogP contribution >= 0.6 is 0 Å². The Bertz CT molecular complexity index is 609. The Labute approximate surface area is 115 Å². The van der Waals surface area contributed by atoms with Crippen LogP contribution in [0.1, 0.15) is 41.6 Å². The molecule has 7 nitrogen and oxygen atoms in total. The second kappa shape index (κ2) is 5.36. The summed E-state index contributed by atoms with van der Waals surface area (Å²) in [5, 5.41) is 9.79. The third kappa shape index (κ3) is 2.66. The average molecular weight is 283 g/mol. The smallest absolute Gasteiger partial charge is 0.355 e. The zero-order valence-electron chi connectivity index (χ0n) is 12.0. The number of rotatable bonds is 2. The number of carbonyl (C=O) groups is 2. The van der Waals surface area contributed by atoms with E-state index in [4.69, 9.17) is 0 Å². The molecule has 0 aromatic carbocycles. The lowest BCUT2D eigenvalue weighted by Crippen LogP contribution is -2.39. The standard InChI is InChI=1S/C13H17NO6/c1-13(2,3)14-8(16)6-7(15)9(11(17)19-4)10(14)12(18)20-5/h6,15H,1-5H3. The molecule has 0 atom stereocenters. The first-order valence-corrected chi connectivity index (χ1v) is 5.81. The number of hydrogen-bond acceptors (Lipinski definition) is 6. The Morgan fingerprint density at radius 3 is 2.05 bits per heavy atom. The molecular weight excluding hydrogens is 266 g/mol. The van der Waals surface area contributed by atoms with Crippen LogP contribution in [0.25, 0.3) is 0 Å². The summed E-state index contributed by atoms with van der Waals surface area (Å²) in [5.41, 5.74) is -2.15. The van der Waals surface area contributed by atoms with Gasteiger partial charge in [-0.2, -0.15) is 0 Å². The molecule has 0 fully saturated rings. The number of hydrogen-bond donors (Lipinski definition) is 1. The molecule has 110 valence electrons. The molecule has 0 amide bonds. The summed E-state index contributed by atoms with van der Waals surface area (Å²) in [4.78, 5) is 35.7. The van der Waals surface area contributed by atoms with Crippen LogP contribution in [-0.2, 0) is 15.0 Å². The van der Waals surface area contributed by atoms with Gasteiger partial charge in [0.15, 0.2) is 0 Å². The molecule has 1 aromatic rings. The lowest BCUT2D eigenvalue weighted by atomic mass is 10.0. The SMILES string of the molecule is COC(=O)c1c(O)cc(=O)n(C(C)(C)C)c1C(=O)OC. The van der Waals surface area contributed by atoms with Crippen molar-refractivity contribution in [2.75, 3.05) is 14.2 Å². The van der Waals surface area contributed by atoms with Crippen LogP contribution in [0.15, 0.2) is 10.9 Å². The average Bonchev–Trinajstić information content (AvgIpc) is 2.34. The van der Waals surface area contributed by atoms with E-state index < -0.39 is 34.3 Å². The van der Waals surface area contributed by atoms with Gasteiger partial charge in [-0.1, -0.05) is 0 Å². The second-order valence-corrected chi connectivity index (χ2v) is 5.08. The number of carbonyl (C=O) groups excluding carboxylic acids is 2. The third-order valence-electron chi connectivity index (χ3n) is 2.64. The van der Waals surface area contributed by atoms with E-state index in [-0.39, 0.29) is 5.69 Å². The van der Waals surface area contributed by atoms with Crippen molar-refractivity contribution in [3.05, 3.63) is 27.7 Å². The monoisotopic (exact) mass is 283 g/mol. The number of aromatic nitrogens is 1. The molecule has 0 unspecified atom stereocenters. The van der Waals surface area contributed by atoms with Gasteiger partial charge in [0, 0.05) is 11.6 Å². The van der Waals surface area contributed by atoms with Crippen LogP contribution in [0.3, 0.4) is 0 Å². The fraction of sp³-hybridized carbons (Fsp3) is 0.462. The molecule has 0 aliphatic heterocycles. The minimum atomic E-state index is -0.930. The number of aromatic hydroxyl groups is 1. The van der Waals surface area contributed by atoms with Crippen LogP contribution in [0.2, 0.25) is 0 Å². The van der Waals surface area contributed by atoms with Crippen LogP contribution in [-0.4, -0.2) is 35.8 Å². The number of nitrogens with zero attached hydrogens (tertiary/aromatic N) is 1. The summed E-state index contributed by atoms with van der Waals surface area (Å²) < 4.78 is 10.2. The van der Waals surface area contributed by atoms with Gasteiger partial charge in [0.25, 0.3) is 5.56 Å². The first-order valence-electron chi connectivity index (χ1n) is 5.81. The minimum Gasteiger partial charge on any atom is -0.507 e. The minimum absolute atomic E-state index is 0.336. The first kappa shape index (κ1) is 15.7. The number of pyridine rings is 1. The molecule has 0 bridgehead atoms. The molecule has 0 aliphatic rings. The molecule has 0 radical (unpaired) electrons. The second-order valence-electron chi connectivity index (χ2n) is 5.08. The molecule has 20 heavy (non-hydrogen) atoms. The molecular formula is C13H17NO6. The van der Waals surface area contributed by atoms with Gasteiger partial charge < -0.3 is 14.6 Å². The Kier molecular flexibility index (Phi) is 4.22. The first-order chi connectivity index (χ1) is 9.15. The Morgan fingerprint density at radius 1 is 1.15 bits per heavy atom. The van der Waals surface area contributed by atoms with Gasteiger partial charge in [0.1, 0.15) is 17.0 Å².